The lowest BCUT2D eigenvalue weighted by atomic mass is 9.99. The third-order valence-corrected chi connectivity index (χ3v) is 5.72. The monoisotopic (exact) mass is 445 g/mol. The number of amides is 2. The molecule has 0 bridgehead atoms. The highest BCUT2D eigenvalue weighted by atomic mass is 16.5. The Bertz CT molecular complexity index is 1060. The largest absolute Gasteiger partial charge is 0.386 e. The van der Waals surface area contributed by atoms with E-state index < -0.39 is 12.1 Å². The van der Waals surface area contributed by atoms with Gasteiger partial charge in [-0.05, 0) is 47.4 Å². The number of aryl methyl sites for hydroxylation is 1. The minimum absolute atomic E-state index is 0.00224. The molecule has 1 saturated heterocycles. The first-order valence-electron chi connectivity index (χ1n) is 11.0. The molecule has 2 amide bonds. The number of nitrogens with zero attached hydrogens (tertiary/aromatic N) is 2. The van der Waals surface area contributed by atoms with Crippen LogP contribution in [0, 0.1) is 0 Å². The molecular weight excluding hydrogens is 418 g/mol. The molecule has 2 aromatic carbocycles. The van der Waals surface area contributed by atoms with Crippen LogP contribution in [-0.2, 0) is 27.3 Å². The van der Waals surface area contributed by atoms with E-state index in [-0.39, 0.29) is 25.0 Å². The lowest BCUT2D eigenvalue weighted by Crippen LogP contribution is -2.51. The Morgan fingerprint density at radius 1 is 1.06 bits per heavy atom. The average molecular weight is 446 g/mol. The molecule has 3 aromatic rings. The van der Waals surface area contributed by atoms with Crippen molar-refractivity contribution < 1.29 is 19.4 Å². The smallest absolute Gasteiger partial charge is 0.249 e. The van der Waals surface area contributed by atoms with Crippen LogP contribution in [0.4, 0.5) is 5.69 Å². The first kappa shape index (κ1) is 22.6. The van der Waals surface area contributed by atoms with Crippen molar-refractivity contribution in [3.8, 4) is 0 Å². The van der Waals surface area contributed by atoms with Gasteiger partial charge in [-0.2, -0.15) is 0 Å². The Kier molecular flexibility index (Phi) is 7.44. The summed E-state index contributed by atoms with van der Waals surface area (Å²) in [5.41, 5.74) is 3.37. The number of nitrogens with one attached hydrogen (secondary N) is 1. The van der Waals surface area contributed by atoms with Crippen molar-refractivity contribution in [2.45, 2.75) is 31.5 Å². The van der Waals surface area contributed by atoms with Gasteiger partial charge in [0.25, 0.3) is 0 Å². The number of rotatable bonds is 8. The van der Waals surface area contributed by atoms with E-state index in [2.05, 4.69) is 10.3 Å². The lowest BCUT2D eigenvalue weighted by Gasteiger charge is -2.38. The van der Waals surface area contributed by atoms with Crippen LogP contribution in [0.2, 0.25) is 0 Å². The molecule has 33 heavy (non-hydrogen) atoms. The minimum atomic E-state index is -0.918. The molecular formula is C26H27N3O4. The Morgan fingerprint density at radius 2 is 1.79 bits per heavy atom. The van der Waals surface area contributed by atoms with Crippen molar-refractivity contribution in [1.82, 2.24) is 9.88 Å². The van der Waals surface area contributed by atoms with Gasteiger partial charge < -0.3 is 20.1 Å². The molecule has 170 valence electrons. The number of carbonyl (C=O) groups is 2. The van der Waals surface area contributed by atoms with Crippen LogP contribution >= 0.6 is 0 Å². The van der Waals surface area contributed by atoms with Gasteiger partial charge in [0.15, 0.2) is 0 Å². The first-order chi connectivity index (χ1) is 16.1. The standard InChI is InChI=1S/C26H27N3O4/c30-24(11-6-19-4-2-1-3-5-19)28-22-9-7-21(8-10-22)26(32)23-17-33-18-25(31)29(23)16-20-12-14-27-15-13-20/h1-5,7-10,12-15,23,26,32H,6,11,16-18H2,(H,28,30)/t23-,26-/m1/s1. The van der Waals surface area contributed by atoms with E-state index in [1.54, 1.807) is 41.6 Å². The fourth-order valence-corrected chi connectivity index (χ4v) is 3.89. The maximum absolute atomic E-state index is 12.5. The molecule has 0 unspecified atom stereocenters. The predicted molar refractivity (Wildman–Crippen MR) is 124 cm³/mol. The van der Waals surface area contributed by atoms with Crippen molar-refractivity contribution >= 4 is 17.5 Å². The molecule has 4 rings (SSSR count). The number of ether oxygens (including phenoxy) is 1. The number of hydrogen-bond donors (Lipinski definition) is 2. The van der Waals surface area contributed by atoms with Crippen LogP contribution in [0.5, 0.6) is 0 Å². The minimum Gasteiger partial charge on any atom is -0.386 e. The van der Waals surface area contributed by atoms with Crippen molar-refractivity contribution in [1.29, 1.82) is 0 Å². The zero-order valence-corrected chi connectivity index (χ0v) is 18.3. The molecule has 1 aliphatic rings. The summed E-state index contributed by atoms with van der Waals surface area (Å²) in [6, 6.07) is 20.1. The topological polar surface area (TPSA) is 91.8 Å². The predicted octanol–water partition coefficient (Wildman–Crippen LogP) is 3.11. The number of morpholine rings is 1. The third kappa shape index (κ3) is 6.03. The zero-order chi connectivity index (χ0) is 23.0. The SMILES string of the molecule is O=C(CCc1ccccc1)Nc1ccc([C@@H](O)[C@H]2COCC(=O)N2Cc2ccncc2)cc1. The molecule has 2 atom stereocenters. The van der Waals surface area contributed by atoms with Crippen LogP contribution in [0.1, 0.15) is 29.2 Å². The number of carbonyl (C=O) groups excluding carboxylic acids is 2. The van der Waals surface area contributed by atoms with Crippen LogP contribution in [0.3, 0.4) is 0 Å². The number of hydrogen-bond acceptors (Lipinski definition) is 5. The number of benzene rings is 2. The summed E-state index contributed by atoms with van der Waals surface area (Å²) in [6.45, 7) is 0.625. The fourth-order valence-electron chi connectivity index (χ4n) is 3.89. The summed E-state index contributed by atoms with van der Waals surface area (Å²) >= 11 is 0. The number of anilines is 1. The molecule has 7 nitrogen and oxygen atoms in total. The lowest BCUT2D eigenvalue weighted by molar-refractivity contribution is -0.155. The van der Waals surface area contributed by atoms with E-state index in [0.717, 1.165) is 11.1 Å². The van der Waals surface area contributed by atoms with Crippen LogP contribution in [0.15, 0.2) is 79.1 Å². The van der Waals surface area contributed by atoms with Crippen LogP contribution in [0.25, 0.3) is 0 Å². The molecule has 0 radical (unpaired) electrons. The second kappa shape index (κ2) is 10.8. The number of aliphatic hydroxyl groups excluding tert-OH is 1. The summed E-state index contributed by atoms with van der Waals surface area (Å²) in [6.07, 6.45) is 3.50. The van der Waals surface area contributed by atoms with Crippen LogP contribution in [-0.4, -0.2) is 46.1 Å². The van der Waals surface area contributed by atoms with E-state index in [0.29, 0.717) is 30.6 Å². The number of aromatic nitrogens is 1. The molecule has 1 aromatic heterocycles. The van der Waals surface area contributed by atoms with Crippen molar-refractivity contribution in [3.05, 3.63) is 95.8 Å². The Morgan fingerprint density at radius 3 is 2.52 bits per heavy atom. The molecule has 1 fully saturated rings. The van der Waals surface area contributed by atoms with Gasteiger partial charge in [0.1, 0.15) is 12.7 Å². The van der Waals surface area contributed by atoms with E-state index in [9.17, 15) is 14.7 Å². The summed E-state index contributed by atoms with van der Waals surface area (Å²) in [7, 11) is 0. The van der Waals surface area contributed by atoms with Gasteiger partial charge in [-0.1, -0.05) is 42.5 Å². The highest BCUT2D eigenvalue weighted by Gasteiger charge is 2.34. The fraction of sp³-hybridized carbons (Fsp3) is 0.269. The summed E-state index contributed by atoms with van der Waals surface area (Å²) in [5.74, 6) is -0.230. The van der Waals surface area contributed by atoms with Gasteiger partial charge in [0.05, 0.1) is 12.6 Å². The second-order valence-corrected chi connectivity index (χ2v) is 8.06. The maximum atomic E-state index is 12.5. The molecule has 2 heterocycles. The molecule has 2 N–H and O–H groups in total. The Balaban J connectivity index is 1.37. The number of pyridine rings is 1. The molecule has 0 saturated carbocycles. The maximum Gasteiger partial charge on any atom is 0.249 e. The van der Waals surface area contributed by atoms with Crippen molar-refractivity contribution in [3.63, 3.8) is 0 Å². The van der Waals surface area contributed by atoms with Gasteiger partial charge in [0, 0.05) is 31.0 Å². The summed E-state index contributed by atoms with van der Waals surface area (Å²) < 4.78 is 5.42. The number of aliphatic hydroxyl groups is 1. The quantitative estimate of drug-likeness (QED) is 0.556. The second-order valence-electron chi connectivity index (χ2n) is 8.06. The van der Waals surface area contributed by atoms with E-state index >= 15 is 0 Å². The van der Waals surface area contributed by atoms with E-state index in [1.165, 1.54) is 0 Å². The highest BCUT2D eigenvalue weighted by molar-refractivity contribution is 5.90. The average Bonchev–Trinajstić information content (AvgIpc) is 2.85. The Labute approximate surface area is 193 Å². The van der Waals surface area contributed by atoms with Crippen molar-refractivity contribution in [2.75, 3.05) is 18.5 Å². The highest BCUT2D eigenvalue weighted by Crippen LogP contribution is 2.26. The first-order valence-corrected chi connectivity index (χ1v) is 11.0. The van der Waals surface area contributed by atoms with Gasteiger partial charge in [-0.25, -0.2) is 0 Å². The van der Waals surface area contributed by atoms with E-state index in [4.69, 9.17) is 4.74 Å². The van der Waals surface area contributed by atoms with E-state index in [1.807, 2.05) is 42.5 Å². The molecule has 1 aliphatic heterocycles. The van der Waals surface area contributed by atoms with Gasteiger partial charge in [-0.3, -0.25) is 14.6 Å². The third-order valence-electron chi connectivity index (χ3n) is 5.72. The van der Waals surface area contributed by atoms with Crippen molar-refractivity contribution in [2.24, 2.45) is 0 Å². The van der Waals surface area contributed by atoms with Gasteiger partial charge in [-0.15, -0.1) is 0 Å². The molecule has 0 spiro atoms. The summed E-state index contributed by atoms with van der Waals surface area (Å²) in [5, 5.41) is 13.9. The van der Waals surface area contributed by atoms with Gasteiger partial charge >= 0.3 is 0 Å². The van der Waals surface area contributed by atoms with Crippen LogP contribution < -0.4 is 5.32 Å². The normalized spacial score (nSPS) is 16.9. The molecule has 7 heteroatoms. The van der Waals surface area contributed by atoms with Gasteiger partial charge in [0.2, 0.25) is 11.8 Å². The Hall–Kier alpha value is -3.55. The molecule has 0 aliphatic carbocycles. The zero-order valence-electron chi connectivity index (χ0n) is 18.3. The summed E-state index contributed by atoms with van der Waals surface area (Å²) in [4.78, 5) is 30.5.